The molecule has 0 N–H and O–H groups in total. The van der Waals surface area contributed by atoms with Crippen molar-refractivity contribution in [3.63, 3.8) is 0 Å². The molecule has 4 heteroatoms. The van der Waals surface area contributed by atoms with E-state index in [1.807, 2.05) is 6.92 Å². The summed E-state index contributed by atoms with van der Waals surface area (Å²) in [4.78, 5) is 0. The molecule has 0 aromatic rings. The Morgan fingerprint density at radius 2 is 2.25 bits per heavy atom. The molecule has 0 aliphatic carbocycles. The van der Waals surface area contributed by atoms with Crippen LogP contribution in [0.1, 0.15) is 19.8 Å². The minimum absolute atomic E-state index is 0.210. The normalized spacial score (nSPS) is 11.7. The molecular formula is C8H12O3S. The highest BCUT2D eigenvalue weighted by molar-refractivity contribution is 7.89. The summed E-state index contributed by atoms with van der Waals surface area (Å²) >= 11 is 0. The van der Waals surface area contributed by atoms with Crippen molar-refractivity contribution in [3.8, 4) is 12.3 Å². The highest BCUT2D eigenvalue weighted by atomic mass is 32.2. The van der Waals surface area contributed by atoms with Gasteiger partial charge in [-0.25, -0.2) is 0 Å². The fraction of sp³-hybridized carbons (Fsp3) is 0.500. The van der Waals surface area contributed by atoms with E-state index in [2.05, 4.69) is 10.1 Å². The first-order chi connectivity index (χ1) is 5.62. The van der Waals surface area contributed by atoms with Crippen molar-refractivity contribution >= 4 is 10.1 Å². The Bertz CT molecular complexity index is 269. The van der Waals surface area contributed by atoms with Crippen molar-refractivity contribution in [1.29, 1.82) is 0 Å². The van der Waals surface area contributed by atoms with Crippen LogP contribution in [0, 0.1) is 12.3 Å². The highest BCUT2D eigenvalue weighted by Gasteiger charge is 2.02. The first kappa shape index (κ1) is 11.2. The summed E-state index contributed by atoms with van der Waals surface area (Å²) in [5, 5.41) is 1.04. The van der Waals surface area contributed by atoms with Gasteiger partial charge in [-0.1, -0.05) is 25.3 Å². The van der Waals surface area contributed by atoms with Crippen LogP contribution in [0.3, 0.4) is 0 Å². The smallest absolute Gasteiger partial charge is 0.254 e. The molecule has 0 bridgehead atoms. The Labute approximate surface area is 73.6 Å². The summed E-state index contributed by atoms with van der Waals surface area (Å²) in [6.45, 7) is 1.75. The minimum Gasteiger partial charge on any atom is -0.254 e. The Morgan fingerprint density at radius 1 is 1.58 bits per heavy atom. The molecule has 0 fully saturated rings. The maximum atomic E-state index is 10.9. The lowest BCUT2D eigenvalue weighted by Crippen LogP contribution is -2.01. The van der Waals surface area contributed by atoms with Crippen molar-refractivity contribution in [1.82, 2.24) is 0 Å². The molecule has 0 aliphatic heterocycles. The highest BCUT2D eigenvalue weighted by Crippen LogP contribution is 1.97. The lowest BCUT2D eigenvalue weighted by Gasteiger charge is -1.94. The fourth-order valence-electron chi connectivity index (χ4n) is 0.508. The van der Waals surface area contributed by atoms with E-state index in [0.717, 1.165) is 18.2 Å². The summed E-state index contributed by atoms with van der Waals surface area (Å²) in [5.74, 6) is 2.08. The molecule has 0 rings (SSSR count). The predicted molar refractivity (Wildman–Crippen MR) is 47.8 cm³/mol. The molecule has 68 valence electrons. The minimum atomic E-state index is -3.54. The van der Waals surface area contributed by atoms with Gasteiger partial charge in [-0.3, -0.25) is 4.18 Å². The molecule has 0 amide bonds. The van der Waals surface area contributed by atoms with Crippen LogP contribution in [0.4, 0.5) is 0 Å². The van der Waals surface area contributed by atoms with Gasteiger partial charge in [-0.2, -0.15) is 8.42 Å². The predicted octanol–water partition coefficient (Wildman–Crippen LogP) is 1.28. The maximum absolute atomic E-state index is 10.9. The summed E-state index contributed by atoms with van der Waals surface area (Å²) < 4.78 is 26.1. The molecule has 0 atom stereocenters. The molecule has 0 saturated heterocycles. The Morgan fingerprint density at radius 3 is 2.75 bits per heavy atom. The first-order valence-corrected chi connectivity index (χ1v) is 5.09. The third-order valence-corrected chi connectivity index (χ3v) is 2.00. The van der Waals surface area contributed by atoms with Gasteiger partial charge in [0.15, 0.2) is 0 Å². The second-order valence-electron chi connectivity index (χ2n) is 2.12. The summed E-state index contributed by atoms with van der Waals surface area (Å²) in [5.41, 5.74) is 0. The van der Waals surface area contributed by atoms with Crippen molar-refractivity contribution < 1.29 is 12.6 Å². The second kappa shape index (κ2) is 5.81. The molecule has 12 heavy (non-hydrogen) atoms. The van der Waals surface area contributed by atoms with E-state index in [-0.39, 0.29) is 6.61 Å². The van der Waals surface area contributed by atoms with Gasteiger partial charge in [0.1, 0.15) is 6.61 Å². The second-order valence-corrected chi connectivity index (χ2v) is 3.61. The number of allylic oxidation sites excluding steroid dienone is 1. The number of unbranched alkanes of at least 4 members (excludes halogenated alkanes) is 1. The average molecular weight is 188 g/mol. The number of hydrogen-bond donors (Lipinski definition) is 0. The number of terminal acetylenes is 1. The van der Waals surface area contributed by atoms with Crippen molar-refractivity contribution in [2.24, 2.45) is 0 Å². The van der Waals surface area contributed by atoms with Gasteiger partial charge in [0, 0.05) is 0 Å². The SMILES string of the molecule is C#CCOS(=O)(=O)/C=C/CCC. The molecular weight excluding hydrogens is 176 g/mol. The van der Waals surface area contributed by atoms with Crippen LogP contribution in [0.2, 0.25) is 0 Å². The standard InChI is InChI=1S/C8H12O3S/c1-3-5-6-8-12(9,10)11-7-4-2/h2,6,8H,3,5,7H2,1H3/b8-6+. The van der Waals surface area contributed by atoms with E-state index in [1.165, 1.54) is 0 Å². The van der Waals surface area contributed by atoms with E-state index >= 15 is 0 Å². The quantitative estimate of drug-likeness (QED) is 0.482. The summed E-state index contributed by atoms with van der Waals surface area (Å²) in [7, 11) is -3.54. The molecule has 0 aromatic heterocycles. The molecule has 0 radical (unpaired) electrons. The molecule has 3 nitrogen and oxygen atoms in total. The van der Waals surface area contributed by atoms with Crippen molar-refractivity contribution in [2.45, 2.75) is 19.8 Å². The lowest BCUT2D eigenvalue weighted by molar-refractivity contribution is 0.370. The average Bonchev–Trinajstić information content (AvgIpc) is 2.01. The van der Waals surface area contributed by atoms with Gasteiger partial charge in [0.2, 0.25) is 0 Å². The fourth-order valence-corrected chi connectivity index (χ4v) is 1.19. The van der Waals surface area contributed by atoms with Gasteiger partial charge in [-0.15, -0.1) is 6.42 Å². The zero-order chi connectivity index (χ0) is 9.45. The monoisotopic (exact) mass is 188 g/mol. The summed E-state index contributed by atoms with van der Waals surface area (Å²) in [6, 6.07) is 0. The zero-order valence-electron chi connectivity index (χ0n) is 6.99. The molecule has 0 aromatic carbocycles. The van der Waals surface area contributed by atoms with Crippen molar-refractivity contribution in [2.75, 3.05) is 6.61 Å². The zero-order valence-corrected chi connectivity index (χ0v) is 7.80. The van der Waals surface area contributed by atoms with Crippen LogP contribution >= 0.6 is 0 Å². The summed E-state index contributed by atoms with van der Waals surface area (Å²) in [6.07, 6.45) is 8.00. The Balaban J connectivity index is 3.98. The van der Waals surface area contributed by atoms with E-state index in [1.54, 1.807) is 6.08 Å². The molecule has 0 aliphatic rings. The van der Waals surface area contributed by atoms with Crippen LogP contribution in [0.5, 0.6) is 0 Å². The molecule has 0 unspecified atom stereocenters. The molecule has 0 saturated carbocycles. The van der Waals surface area contributed by atoms with E-state index in [9.17, 15) is 8.42 Å². The van der Waals surface area contributed by atoms with Gasteiger partial charge in [0.25, 0.3) is 10.1 Å². The number of hydrogen-bond acceptors (Lipinski definition) is 3. The maximum Gasteiger partial charge on any atom is 0.290 e. The topological polar surface area (TPSA) is 43.4 Å². The van der Waals surface area contributed by atoms with Gasteiger partial charge in [-0.05, 0) is 6.42 Å². The van der Waals surface area contributed by atoms with Crippen molar-refractivity contribution in [3.05, 3.63) is 11.5 Å². The van der Waals surface area contributed by atoms with E-state index in [0.29, 0.717) is 0 Å². The van der Waals surface area contributed by atoms with Crippen LogP contribution < -0.4 is 0 Å². The largest absolute Gasteiger partial charge is 0.290 e. The number of rotatable bonds is 5. The first-order valence-electron chi connectivity index (χ1n) is 3.62. The van der Waals surface area contributed by atoms with Crippen LogP contribution in [0.15, 0.2) is 11.5 Å². The third-order valence-electron chi connectivity index (χ3n) is 1.02. The third kappa shape index (κ3) is 5.96. The molecule has 0 heterocycles. The lowest BCUT2D eigenvalue weighted by atomic mass is 10.3. The van der Waals surface area contributed by atoms with Crippen LogP contribution in [-0.2, 0) is 14.3 Å². The van der Waals surface area contributed by atoms with Gasteiger partial charge in [0.05, 0.1) is 5.41 Å². The van der Waals surface area contributed by atoms with Gasteiger partial charge >= 0.3 is 0 Å². The van der Waals surface area contributed by atoms with E-state index in [4.69, 9.17) is 6.42 Å². The van der Waals surface area contributed by atoms with E-state index < -0.39 is 10.1 Å². The van der Waals surface area contributed by atoms with Crippen LogP contribution in [0.25, 0.3) is 0 Å². The Kier molecular flexibility index (Phi) is 5.43. The van der Waals surface area contributed by atoms with Crippen LogP contribution in [-0.4, -0.2) is 15.0 Å². The Hall–Kier alpha value is -0.790. The van der Waals surface area contributed by atoms with Gasteiger partial charge < -0.3 is 0 Å². The molecule has 0 spiro atoms.